The predicted molar refractivity (Wildman–Crippen MR) is 240 cm³/mol. The van der Waals surface area contributed by atoms with Gasteiger partial charge in [-0.15, -0.1) is 0 Å². The molecule has 8 rings (SSSR count). The van der Waals surface area contributed by atoms with Gasteiger partial charge in [0, 0.05) is 49.0 Å². The first-order valence-corrected chi connectivity index (χ1v) is 22.6. The predicted octanol–water partition coefficient (Wildman–Crippen LogP) is 5.31. The lowest BCUT2D eigenvalue weighted by molar-refractivity contribution is -0.143. The molecule has 2 aromatic carbocycles. The van der Waals surface area contributed by atoms with Crippen LogP contribution in [0.5, 0.6) is 0 Å². The number of likely N-dealkylation sites (N-methyl/N-ethyl adjacent to an activating group) is 1. The van der Waals surface area contributed by atoms with Crippen LogP contribution in [-0.2, 0) is 33.4 Å². The van der Waals surface area contributed by atoms with Crippen LogP contribution in [0, 0.1) is 5.92 Å². The van der Waals surface area contributed by atoms with Crippen molar-refractivity contribution in [2.24, 2.45) is 5.92 Å². The van der Waals surface area contributed by atoms with Gasteiger partial charge < -0.3 is 34.6 Å². The zero-order chi connectivity index (χ0) is 46.7. The largest absolute Gasteiger partial charge is 0.444 e. The highest BCUT2D eigenvalue weighted by molar-refractivity contribution is 6.00. The zero-order valence-corrected chi connectivity index (χ0v) is 38.2. The van der Waals surface area contributed by atoms with Crippen LogP contribution in [0.2, 0.25) is 0 Å². The summed E-state index contributed by atoms with van der Waals surface area (Å²) in [4.78, 5) is 95.7. The van der Waals surface area contributed by atoms with E-state index in [1.54, 1.807) is 54.1 Å². The smallest absolute Gasteiger partial charge is 0.410 e. The number of carbonyl (C=O) groups is 7. The van der Waals surface area contributed by atoms with E-state index in [9.17, 15) is 33.6 Å². The summed E-state index contributed by atoms with van der Waals surface area (Å²) in [5.74, 6) is -1.71. The highest BCUT2D eigenvalue weighted by Gasteiger charge is 2.48. The van der Waals surface area contributed by atoms with Gasteiger partial charge in [-0.2, -0.15) is 0 Å². The summed E-state index contributed by atoms with van der Waals surface area (Å²) in [6.07, 6.45) is 5.49. The topological polar surface area (TPSA) is 191 Å². The zero-order valence-electron chi connectivity index (χ0n) is 38.2. The Kier molecular flexibility index (Phi) is 14.1. The molecule has 4 aliphatic heterocycles. The van der Waals surface area contributed by atoms with Crippen LogP contribution in [0.15, 0.2) is 73.1 Å². The van der Waals surface area contributed by atoms with E-state index in [4.69, 9.17) is 14.2 Å². The molecule has 65 heavy (non-hydrogen) atoms. The Hall–Kier alpha value is -6.07. The van der Waals surface area contributed by atoms with Crippen LogP contribution in [-0.4, -0.2) is 134 Å². The van der Waals surface area contributed by atoms with Gasteiger partial charge in [0.25, 0.3) is 11.8 Å². The summed E-state index contributed by atoms with van der Waals surface area (Å²) < 4.78 is 20.3. The number of ether oxygens (including phenoxy) is 3. The summed E-state index contributed by atoms with van der Waals surface area (Å²) >= 11 is 0. The third-order valence-corrected chi connectivity index (χ3v) is 12.8. The maximum atomic E-state index is 13.6. The van der Waals surface area contributed by atoms with E-state index < -0.39 is 60.3 Å². The average Bonchev–Trinajstić information content (AvgIpc) is 4.08. The minimum absolute atomic E-state index is 0.136. The molecule has 4 aromatic rings. The SMILES string of the molecule is CC[C@@H](C)C(=O)N[C@H]1CCO[C@H]2CCC(C(=O)n3ccc4ccccc43)N2C1=O.C[C@@H](C(=O)N[C@H]1CCO[C@H]2CCC(C(=O)n3ccc4ccccc43)N2C1=O)N(C)C(=O)OC(C)(C)C. The van der Waals surface area contributed by atoms with Crippen molar-refractivity contribution in [3.63, 3.8) is 0 Å². The van der Waals surface area contributed by atoms with E-state index in [2.05, 4.69) is 10.6 Å². The van der Waals surface area contributed by atoms with E-state index in [1.807, 2.05) is 74.5 Å². The molecular formula is C48H61N7O10. The van der Waals surface area contributed by atoms with Gasteiger partial charge in [-0.25, -0.2) is 4.79 Å². The van der Waals surface area contributed by atoms with Crippen molar-refractivity contribution in [3.05, 3.63) is 73.1 Å². The number of carbonyl (C=O) groups excluding carboxylic acids is 7. The molecule has 4 fully saturated rings. The molecule has 2 aromatic heterocycles. The van der Waals surface area contributed by atoms with Gasteiger partial charge in [-0.3, -0.25) is 42.8 Å². The van der Waals surface area contributed by atoms with E-state index in [0.29, 0.717) is 45.1 Å². The molecule has 17 heteroatoms. The molecule has 2 unspecified atom stereocenters. The Bertz CT molecular complexity index is 2440. The van der Waals surface area contributed by atoms with Crippen molar-refractivity contribution in [1.82, 2.24) is 34.5 Å². The molecule has 6 heterocycles. The van der Waals surface area contributed by atoms with Crippen LogP contribution in [0.3, 0.4) is 0 Å². The molecule has 0 bridgehead atoms. The van der Waals surface area contributed by atoms with Gasteiger partial charge in [0.05, 0.1) is 24.2 Å². The van der Waals surface area contributed by atoms with Crippen molar-refractivity contribution in [3.8, 4) is 0 Å². The second-order valence-electron chi connectivity index (χ2n) is 18.3. The lowest BCUT2D eigenvalue weighted by Gasteiger charge is -2.31. The summed E-state index contributed by atoms with van der Waals surface area (Å²) in [6.45, 7) is 11.2. The van der Waals surface area contributed by atoms with Gasteiger partial charge in [0.15, 0.2) is 0 Å². The Morgan fingerprint density at radius 2 is 1.14 bits per heavy atom. The third-order valence-electron chi connectivity index (χ3n) is 12.8. The van der Waals surface area contributed by atoms with Gasteiger partial charge in [-0.1, -0.05) is 50.2 Å². The fourth-order valence-corrected chi connectivity index (χ4v) is 8.81. The summed E-state index contributed by atoms with van der Waals surface area (Å²) in [5, 5.41) is 7.55. The Morgan fingerprint density at radius 1 is 0.692 bits per heavy atom. The maximum absolute atomic E-state index is 13.6. The van der Waals surface area contributed by atoms with Crippen molar-refractivity contribution in [1.29, 1.82) is 0 Å². The standard InChI is InChI=1S/C26H34N4O6.C22H27N3O4/c1-16(28(5)25(34)36-26(2,3)4)22(31)27-18-13-15-35-21-11-10-20(30(21)23(18)32)24(33)29-14-12-17-8-6-7-9-19(17)29;1-3-14(2)20(26)23-16-11-13-29-19-9-8-18(25(19)21(16)27)22(28)24-12-10-15-6-4-5-7-17(15)24/h6-9,12,14,16,18,20-21H,10-11,13,15H2,1-5H3,(H,27,31);4-7,10,12,14,16,18-19H,3,8-9,11,13H2,1-2H3,(H,23,26)/t16-,18-,20?,21-;14-,16+,18?,19+/m01/s1. The van der Waals surface area contributed by atoms with Crippen molar-refractivity contribution in [2.75, 3.05) is 20.3 Å². The number of rotatable bonds is 8. The summed E-state index contributed by atoms with van der Waals surface area (Å²) in [7, 11) is 1.48. The molecule has 348 valence electrons. The Labute approximate surface area is 378 Å². The Morgan fingerprint density at radius 3 is 1.58 bits per heavy atom. The molecule has 2 N–H and O–H groups in total. The number of aromatic nitrogens is 2. The van der Waals surface area contributed by atoms with Crippen molar-refractivity contribution >= 4 is 63.3 Å². The first kappa shape index (κ1) is 46.9. The van der Waals surface area contributed by atoms with Crippen LogP contribution < -0.4 is 10.6 Å². The fourth-order valence-electron chi connectivity index (χ4n) is 8.81. The Balaban J connectivity index is 0.000000198. The van der Waals surface area contributed by atoms with E-state index in [1.165, 1.54) is 16.8 Å². The van der Waals surface area contributed by atoms with Crippen LogP contribution >= 0.6 is 0 Å². The molecule has 0 aliphatic carbocycles. The number of nitrogens with zero attached hydrogens (tertiary/aromatic N) is 5. The number of hydrogen-bond donors (Lipinski definition) is 2. The molecule has 8 atom stereocenters. The molecule has 4 saturated heterocycles. The number of fused-ring (bicyclic) bond motifs is 4. The van der Waals surface area contributed by atoms with Crippen LogP contribution in [0.4, 0.5) is 4.79 Å². The minimum Gasteiger partial charge on any atom is -0.444 e. The number of hydrogen-bond acceptors (Lipinski definition) is 10. The van der Waals surface area contributed by atoms with Crippen LogP contribution in [0.1, 0.15) is 96.1 Å². The molecular weight excluding hydrogens is 835 g/mol. The summed E-state index contributed by atoms with van der Waals surface area (Å²) in [5.41, 5.74) is 0.900. The second kappa shape index (κ2) is 19.6. The van der Waals surface area contributed by atoms with Crippen LogP contribution in [0.25, 0.3) is 21.8 Å². The second-order valence-corrected chi connectivity index (χ2v) is 18.3. The maximum Gasteiger partial charge on any atom is 0.410 e. The van der Waals surface area contributed by atoms with Crippen molar-refractivity contribution < 1.29 is 47.8 Å². The van der Waals surface area contributed by atoms with Gasteiger partial charge in [0.1, 0.15) is 48.3 Å². The highest BCUT2D eigenvalue weighted by atomic mass is 16.6. The lowest BCUT2D eigenvalue weighted by atomic mass is 10.1. The molecule has 0 radical (unpaired) electrons. The monoisotopic (exact) mass is 895 g/mol. The van der Waals surface area contributed by atoms with Gasteiger partial charge in [0.2, 0.25) is 23.6 Å². The number of amides is 5. The van der Waals surface area contributed by atoms with Gasteiger partial charge >= 0.3 is 6.09 Å². The first-order valence-electron chi connectivity index (χ1n) is 22.6. The minimum atomic E-state index is -0.869. The number of para-hydroxylation sites is 2. The molecule has 17 nitrogen and oxygen atoms in total. The lowest BCUT2D eigenvalue weighted by Crippen LogP contribution is -2.56. The van der Waals surface area contributed by atoms with Crippen molar-refractivity contribution in [2.45, 2.75) is 135 Å². The molecule has 0 saturated carbocycles. The first-order chi connectivity index (χ1) is 31.0. The van der Waals surface area contributed by atoms with E-state index in [0.717, 1.165) is 21.8 Å². The quantitative estimate of drug-likeness (QED) is 0.235. The fraction of sp³-hybridized carbons (Fsp3) is 0.521. The number of nitrogens with one attached hydrogen (secondary N) is 2. The average molecular weight is 896 g/mol. The van der Waals surface area contributed by atoms with Gasteiger partial charge in [-0.05, 0) is 84.1 Å². The third kappa shape index (κ3) is 9.95. The highest BCUT2D eigenvalue weighted by Crippen LogP contribution is 2.33. The number of benzene rings is 2. The molecule has 5 amide bonds. The normalized spacial score (nSPS) is 24.2. The molecule has 4 aliphatic rings. The van der Waals surface area contributed by atoms with E-state index >= 15 is 0 Å². The van der Waals surface area contributed by atoms with E-state index in [-0.39, 0.29) is 48.5 Å². The molecule has 0 spiro atoms. The summed E-state index contributed by atoms with van der Waals surface area (Å²) in [6, 6.07) is 15.3.